The topological polar surface area (TPSA) is 40.5 Å². The molecule has 0 aliphatic carbocycles. The monoisotopic (exact) mass is 357 g/mol. The standard InChI is InChI=1S/C16H21BrFNO2/c1-2-5-16(15(20)21)6-8-19(9-7-16)11-12-3-4-13(17)10-14(12)18/h3-4,10H,2,5-9,11H2,1H3,(H,20,21). The molecular formula is C16H21BrFNO2. The molecule has 0 amide bonds. The van der Waals surface area contributed by atoms with Crippen LogP contribution in [0.5, 0.6) is 0 Å². The molecule has 5 heteroatoms. The van der Waals surface area contributed by atoms with Gasteiger partial charge in [-0.15, -0.1) is 0 Å². The molecule has 0 radical (unpaired) electrons. The molecule has 2 rings (SSSR count). The highest BCUT2D eigenvalue weighted by atomic mass is 79.9. The summed E-state index contributed by atoms with van der Waals surface area (Å²) in [6, 6.07) is 5.09. The van der Waals surface area contributed by atoms with Gasteiger partial charge in [0.25, 0.3) is 0 Å². The molecule has 21 heavy (non-hydrogen) atoms. The highest BCUT2D eigenvalue weighted by molar-refractivity contribution is 9.10. The Labute approximate surface area is 133 Å². The molecule has 0 aromatic heterocycles. The van der Waals surface area contributed by atoms with E-state index in [0.717, 1.165) is 17.3 Å². The van der Waals surface area contributed by atoms with Crippen molar-refractivity contribution in [2.24, 2.45) is 5.41 Å². The van der Waals surface area contributed by atoms with Crippen molar-refractivity contribution >= 4 is 21.9 Å². The summed E-state index contributed by atoms with van der Waals surface area (Å²) < 4.78 is 14.6. The van der Waals surface area contributed by atoms with Crippen LogP contribution < -0.4 is 0 Å². The van der Waals surface area contributed by atoms with Gasteiger partial charge in [-0.25, -0.2) is 4.39 Å². The van der Waals surface area contributed by atoms with Crippen LogP contribution >= 0.6 is 15.9 Å². The van der Waals surface area contributed by atoms with Gasteiger partial charge in [-0.1, -0.05) is 35.3 Å². The highest BCUT2D eigenvalue weighted by Gasteiger charge is 2.40. The third-order valence-electron chi connectivity index (χ3n) is 4.40. The van der Waals surface area contributed by atoms with Crippen molar-refractivity contribution in [2.45, 2.75) is 39.2 Å². The van der Waals surface area contributed by atoms with Crippen LogP contribution in [0.1, 0.15) is 38.2 Å². The molecule has 1 N–H and O–H groups in total. The average molecular weight is 358 g/mol. The third kappa shape index (κ3) is 3.83. The fraction of sp³-hybridized carbons (Fsp3) is 0.562. The van der Waals surface area contributed by atoms with Gasteiger partial charge >= 0.3 is 5.97 Å². The maximum atomic E-state index is 13.9. The van der Waals surface area contributed by atoms with E-state index in [0.29, 0.717) is 38.0 Å². The predicted octanol–water partition coefficient (Wildman–Crippen LogP) is 4.06. The molecule has 0 atom stereocenters. The van der Waals surface area contributed by atoms with Gasteiger partial charge < -0.3 is 5.11 Å². The molecule has 116 valence electrons. The lowest BCUT2D eigenvalue weighted by Crippen LogP contribution is -2.44. The Morgan fingerprint density at radius 3 is 2.62 bits per heavy atom. The summed E-state index contributed by atoms with van der Waals surface area (Å²) in [6.45, 7) is 3.98. The minimum Gasteiger partial charge on any atom is -0.481 e. The molecule has 0 unspecified atom stereocenters. The molecule has 1 aliphatic heterocycles. The second-order valence-corrected chi connectivity index (χ2v) is 6.76. The molecular weight excluding hydrogens is 337 g/mol. The van der Waals surface area contributed by atoms with Gasteiger partial charge in [0.2, 0.25) is 0 Å². The second-order valence-electron chi connectivity index (χ2n) is 5.85. The third-order valence-corrected chi connectivity index (χ3v) is 4.90. The van der Waals surface area contributed by atoms with Gasteiger partial charge in [-0.3, -0.25) is 9.69 Å². The predicted molar refractivity (Wildman–Crippen MR) is 83.6 cm³/mol. The number of benzene rings is 1. The van der Waals surface area contributed by atoms with E-state index in [-0.39, 0.29) is 5.82 Å². The number of hydrogen-bond donors (Lipinski definition) is 1. The fourth-order valence-corrected chi connectivity index (χ4v) is 3.41. The molecule has 0 bridgehead atoms. The van der Waals surface area contributed by atoms with Crippen molar-refractivity contribution in [1.29, 1.82) is 0 Å². The number of aliphatic carboxylic acids is 1. The molecule has 0 spiro atoms. The van der Waals surface area contributed by atoms with Gasteiger partial charge in [0.05, 0.1) is 5.41 Å². The Hall–Kier alpha value is -0.940. The summed E-state index contributed by atoms with van der Waals surface area (Å²) in [5.74, 6) is -0.896. The normalized spacial score (nSPS) is 18.6. The maximum absolute atomic E-state index is 13.9. The van der Waals surface area contributed by atoms with Crippen molar-refractivity contribution in [1.82, 2.24) is 4.90 Å². The number of carboxylic acid groups (broad SMARTS) is 1. The van der Waals surface area contributed by atoms with E-state index < -0.39 is 11.4 Å². The van der Waals surface area contributed by atoms with Crippen molar-refractivity contribution in [3.8, 4) is 0 Å². The lowest BCUT2D eigenvalue weighted by Gasteiger charge is -2.38. The molecule has 1 aromatic carbocycles. The van der Waals surface area contributed by atoms with Crippen LogP contribution in [0, 0.1) is 11.2 Å². The lowest BCUT2D eigenvalue weighted by molar-refractivity contribution is -0.152. The van der Waals surface area contributed by atoms with Crippen LogP contribution in [0.25, 0.3) is 0 Å². The summed E-state index contributed by atoms with van der Waals surface area (Å²) in [5.41, 5.74) is 0.0836. The van der Waals surface area contributed by atoms with Crippen LogP contribution in [0.3, 0.4) is 0 Å². The van der Waals surface area contributed by atoms with E-state index in [2.05, 4.69) is 20.8 Å². The van der Waals surface area contributed by atoms with Crippen molar-refractivity contribution < 1.29 is 14.3 Å². The Kier molecular flexibility index (Phi) is 5.38. The summed E-state index contributed by atoms with van der Waals surface area (Å²) in [5, 5.41) is 9.49. The minimum atomic E-state index is -0.682. The molecule has 1 aromatic rings. The van der Waals surface area contributed by atoms with Gasteiger partial charge in [-0.2, -0.15) is 0 Å². The number of piperidine rings is 1. The summed E-state index contributed by atoms with van der Waals surface area (Å²) >= 11 is 3.25. The van der Waals surface area contributed by atoms with E-state index in [1.54, 1.807) is 6.07 Å². The Morgan fingerprint density at radius 1 is 1.43 bits per heavy atom. The number of carboxylic acids is 1. The summed E-state index contributed by atoms with van der Waals surface area (Å²) in [7, 11) is 0. The van der Waals surface area contributed by atoms with E-state index in [1.807, 2.05) is 13.0 Å². The smallest absolute Gasteiger partial charge is 0.309 e. The number of halogens is 2. The molecule has 1 saturated heterocycles. The first-order valence-corrected chi connectivity index (χ1v) is 8.16. The number of hydrogen-bond acceptors (Lipinski definition) is 2. The number of rotatable bonds is 5. The van der Waals surface area contributed by atoms with E-state index in [9.17, 15) is 14.3 Å². The maximum Gasteiger partial charge on any atom is 0.309 e. The second kappa shape index (κ2) is 6.88. The highest BCUT2D eigenvalue weighted by Crippen LogP contribution is 2.37. The number of nitrogens with zero attached hydrogens (tertiary/aromatic N) is 1. The van der Waals surface area contributed by atoms with Gasteiger partial charge in [0.15, 0.2) is 0 Å². The Bertz CT molecular complexity index is 513. The lowest BCUT2D eigenvalue weighted by atomic mass is 9.75. The van der Waals surface area contributed by atoms with Crippen LogP contribution in [0.4, 0.5) is 4.39 Å². The fourth-order valence-electron chi connectivity index (χ4n) is 3.08. The molecule has 3 nitrogen and oxygen atoms in total. The molecule has 1 heterocycles. The zero-order valence-electron chi connectivity index (χ0n) is 12.2. The molecule has 1 fully saturated rings. The van der Waals surface area contributed by atoms with Crippen molar-refractivity contribution in [2.75, 3.05) is 13.1 Å². The van der Waals surface area contributed by atoms with Crippen LogP contribution in [0.15, 0.2) is 22.7 Å². The van der Waals surface area contributed by atoms with E-state index in [1.165, 1.54) is 6.07 Å². The number of carbonyl (C=O) groups is 1. The van der Waals surface area contributed by atoms with Gasteiger partial charge in [-0.05, 0) is 44.5 Å². The first-order valence-electron chi connectivity index (χ1n) is 7.36. The zero-order valence-corrected chi connectivity index (χ0v) is 13.8. The van der Waals surface area contributed by atoms with E-state index >= 15 is 0 Å². The minimum absolute atomic E-state index is 0.215. The van der Waals surface area contributed by atoms with Crippen molar-refractivity contribution in [3.05, 3.63) is 34.1 Å². The number of likely N-dealkylation sites (tertiary alicyclic amines) is 1. The molecule has 1 aliphatic rings. The molecule has 0 saturated carbocycles. The summed E-state index contributed by atoms with van der Waals surface area (Å²) in [4.78, 5) is 13.7. The average Bonchev–Trinajstić information content (AvgIpc) is 2.44. The first-order chi connectivity index (χ1) is 9.97. The summed E-state index contributed by atoms with van der Waals surface area (Å²) in [6.07, 6.45) is 2.90. The first kappa shape index (κ1) is 16.4. The van der Waals surface area contributed by atoms with Crippen molar-refractivity contribution in [3.63, 3.8) is 0 Å². The van der Waals surface area contributed by atoms with E-state index in [4.69, 9.17) is 0 Å². The zero-order chi connectivity index (χ0) is 15.5. The van der Waals surface area contributed by atoms with Gasteiger partial charge in [0.1, 0.15) is 5.82 Å². The van der Waals surface area contributed by atoms with Gasteiger partial charge in [0, 0.05) is 16.6 Å². The van der Waals surface area contributed by atoms with Crippen LogP contribution in [-0.2, 0) is 11.3 Å². The van der Waals surface area contributed by atoms with Crippen LogP contribution in [-0.4, -0.2) is 29.1 Å². The Balaban J connectivity index is 1.99. The Morgan fingerprint density at radius 2 is 2.10 bits per heavy atom. The SMILES string of the molecule is CCCC1(C(=O)O)CCN(Cc2ccc(Br)cc2F)CC1. The largest absolute Gasteiger partial charge is 0.481 e. The quantitative estimate of drug-likeness (QED) is 0.863. The van der Waals surface area contributed by atoms with Crippen LogP contribution in [0.2, 0.25) is 0 Å².